The number of aliphatic hydroxyl groups excluding tert-OH is 2. The lowest BCUT2D eigenvalue weighted by molar-refractivity contribution is -0.156. The average Bonchev–Trinajstić information content (AvgIpc) is 3.64. The number of hydrogen-bond donors (Lipinski definition) is 2. The van der Waals surface area contributed by atoms with Crippen molar-refractivity contribution in [1.82, 2.24) is 23.9 Å². The molecule has 5 rings (SSSR count). The lowest BCUT2D eigenvalue weighted by Crippen LogP contribution is -2.32. The number of Topliss-reactive ketones (excluding diaryl/α,β-unsaturated/α-hetero) is 1. The molecule has 2 aliphatic heterocycles. The zero-order valence-electron chi connectivity index (χ0n) is 27.6. The third-order valence-corrected chi connectivity index (χ3v) is 8.36. The molecule has 3 aromatic rings. The second-order valence-corrected chi connectivity index (χ2v) is 12.3. The number of hydrogen-bond acceptors (Lipinski definition) is 14. The molecule has 0 spiro atoms. The number of carbonyl (C=O) groups excluding carboxylic acids is 5. The molecule has 2 aliphatic rings. The van der Waals surface area contributed by atoms with Crippen LogP contribution in [0.3, 0.4) is 0 Å². The molecule has 0 unspecified atom stereocenters. The normalized spacial score (nSPS) is 29.9. The molecule has 7 atom stereocenters. The van der Waals surface area contributed by atoms with Gasteiger partial charge < -0.3 is 33.7 Å². The third-order valence-electron chi connectivity index (χ3n) is 8.36. The number of nitrogens with zero attached hydrogens (tertiary/aromatic N) is 5. The zero-order valence-corrected chi connectivity index (χ0v) is 27.6. The third kappa shape index (κ3) is 8.37. The highest BCUT2D eigenvalue weighted by Gasteiger charge is 2.33. The van der Waals surface area contributed by atoms with Crippen LogP contribution in [0.5, 0.6) is 0 Å². The number of cyclic esters (lactones) is 4. The Hall–Kier alpha value is -4.96. The molecule has 0 amide bonds. The van der Waals surface area contributed by atoms with Crippen LogP contribution in [0.2, 0.25) is 0 Å². The molecular formula is C33H39N5O11. The Balaban J connectivity index is 1.61. The van der Waals surface area contributed by atoms with Gasteiger partial charge in [0.2, 0.25) is 0 Å². The number of ketones is 1. The summed E-state index contributed by atoms with van der Waals surface area (Å²) in [4.78, 5) is 78.7. The van der Waals surface area contributed by atoms with Crippen molar-refractivity contribution in [3.05, 3.63) is 48.3 Å². The number of esters is 4. The highest BCUT2D eigenvalue weighted by atomic mass is 16.6. The predicted octanol–water partition coefficient (Wildman–Crippen LogP) is 1.94. The van der Waals surface area contributed by atoms with E-state index in [2.05, 4.69) is 9.97 Å². The van der Waals surface area contributed by atoms with Gasteiger partial charge in [0.05, 0.1) is 42.9 Å². The van der Waals surface area contributed by atoms with Crippen molar-refractivity contribution in [1.29, 1.82) is 0 Å². The topological polar surface area (TPSA) is 211 Å². The van der Waals surface area contributed by atoms with Gasteiger partial charge in [-0.05, 0) is 65.5 Å². The van der Waals surface area contributed by atoms with Gasteiger partial charge in [-0.3, -0.25) is 14.0 Å². The SMILES string of the molecule is C[C@@H]1OC(=O)/C=C/[C@@H](O)CC[C@H](C)OC(=O)[C@H](n2cnc3ncn4c5c(nc4c32)[C@H](C)OC(=O)/C=C/[C@@H](O)CC[C@H](C)OC(=O)C5)CC1=O. The van der Waals surface area contributed by atoms with E-state index in [0.717, 1.165) is 12.2 Å². The van der Waals surface area contributed by atoms with Crippen LogP contribution < -0.4 is 0 Å². The summed E-state index contributed by atoms with van der Waals surface area (Å²) in [6.07, 6.45) is 2.40. The Bertz CT molecular complexity index is 1810. The van der Waals surface area contributed by atoms with E-state index in [1.165, 1.54) is 40.7 Å². The molecule has 262 valence electrons. The van der Waals surface area contributed by atoms with Crippen molar-refractivity contribution >= 4 is 46.5 Å². The van der Waals surface area contributed by atoms with Gasteiger partial charge in [-0.15, -0.1) is 0 Å². The van der Waals surface area contributed by atoms with Gasteiger partial charge in [0.1, 0.15) is 29.7 Å². The van der Waals surface area contributed by atoms with E-state index in [4.69, 9.17) is 23.9 Å². The van der Waals surface area contributed by atoms with E-state index in [9.17, 15) is 34.2 Å². The summed E-state index contributed by atoms with van der Waals surface area (Å²) in [6.45, 7) is 6.29. The first kappa shape index (κ1) is 35.3. The average molecular weight is 682 g/mol. The fourth-order valence-corrected chi connectivity index (χ4v) is 5.67. The lowest BCUT2D eigenvalue weighted by Gasteiger charge is -2.22. The molecule has 0 radical (unpaired) electrons. The minimum Gasteiger partial charge on any atom is -0.462 e. The van der Waals surface area contributed by atoms with Crippen LogP contribution in [0.4, 0.5) is 0 Å². The maximum absolute atomic E-state index is 13.7. The zero-order chi connectivity index (χ0) is 35.4. The Morgan fingerprint density at radius 3 is 2.00 bits per heavy atom. The van der Waals surface area contributed by atoms with Gasteiger partial charge in [0.15, 0.2) is 23.2 Å². The van der Waals surface area contributed by atoms with Crippen molar-refractivity contribution in [3.8, 4) is 0 Å². The van der Waals surface area contributed by atoms with Crippen LogP contribution in [0, 0.1) is 0 Å². The van der Waals surface area contributed by atoms with Crippen molar-refractivity contribution in [2.24, 2.45) is 0 Å². The predicted molar refractivity (Wildman–Crippen MR) is 169 cm³/mol. The van der Waals surface area contributed by atoms with Gasteiger partial charge in [0.25, 0.3) is 0 Å². The van der Waals surface area contributed by atoms with E-state index in [1.807, 2.05) is 0 Å². The molecule has 0 bridgehead atoms. The fraction of sp³-hybridized carbons (Fsp3) is 0.515. The van der Waals surface area contributed by atoms with Gasteiger partial charge in [-0.25, -0.2) is 29.3 Å². The summed E-state index contributed by atoms with van der Waals surface area (Å²) >= 11 is 0. The number of imidazole rings is 2. The number of rotatable bonds is 1. The van der Waals surface area contributed by atoms with Crippen molar-refractivity contribution in [2.75, 3.05) is 0 Å². The summed E-state index contributed by atoms with van der Waals surface area (Å²) in [5.74, 6) is -3.52. The fourth-order valence-electron chi connectivity index (χ4n) is 5.67. The number of ether oxygens (including phenoxy) is 4. The summed E-state index contributed by atoms with van der Waals surface area (Å²) in [5.41, 5.74) is 1.06. The Morgan fingerprint density at radius 2 is 1.35 bits per heavy atom. The number of aromatic nitrogens is 5. The lowest BCUT2D eigenvalue weighted by atomic mass is 10.1. The molecule has 0 saturated carbocycles. The number of carbonyl (C=O) groups is 5. The molecule has 0 aromatic carbocycles. The smallest absolute Gasteiger partial charge is 0.331 e. The molecule has 0 fully saturated rings. The minimum atomic E-state index is -1.31. The molecule has 2 N–H and O–H groups in total. The van der Waals surface area contributed by atoms with Crippen LogP contribution >= 0.6 is 0 Å². The Kier molecular flexibility index (Phi) is 10.9. The van der Waals surface area contributed by atoms with E-state index in [-0.39, 0.29) is 48.2 Å². The van der Waals surface area contributed by atoms with Gasteiger partial charge in [0, 0.05) is 18.6 Å². The second kappa shape index (κ2) is 15.1. The van der Waals surface area contributed by atoms with Crippen LogP contribution in [-0.4, -0.2) is 94.3 Å². The molecule has 0 saturated heterocycles. The largest absolute Gasteiger partial charge is 0.462 e. The monoisotopic (exact) mass is 681 g/mol. The van der Waals surface area contributed by atoms with E-state index >= 15 is 0 Å². The second-order valence-electron chi connectivity index (χ2n) is 12.3. The molecule has 49 heavy (non-hydrogen) atoms. The van der Waals surface area contributed by atoms with Crippen molar-refractivity contribution in [2.45, 2.75) is 109 Å². The highest BCUT2D eigenvalue weighted by Crippen LogP contribution is 2.30. The van der Waals surface area contributed by atoms with Crippen molar-refractivity contribution in [3.63, 3.8) is 0 Å². The first-order chi connectivity index (χ1) is 23.3. The first-order valence-corrected chi connectivity index (χ1v) is 16.1. The highest BCUT2D eigenvalue weighted by molar-refractivity contribution is 5.93. The Morgan fingerprint density at radius 1 is 0.755 bits per heavy atom. The molecule has 5 heterocycles. The number of aliphatic hydroxyl groups is 2. The molecule has 0 aliphatic carbocycles. The van der Waals surface area contributed by atoms with Crippen LogP contribution in [0.1, 0.15) is 83.3 Å². The summed E-state index contributed by atoms with van der Waals surface area (Å²) in [5, 5.41) is 20.4. The molecule has 16 nitrogen and oxygen atoms in total. The van der Waals surface area contributed by atoms with Gasteiger partial charge >= 0.3 is 23.9 Å². The van der Waals surface area contributed by atoms with Crippen LogP contribution in [-0.2, 0) is 49.3 Å². The molecule has 16 heteroatoms. The summed E-state index contributed by atoms with van der Waals surface area (Å²) in [6, 6.07) is -1.31. The van der Waals surface area contributed by atoms with E-state index in [1.54, 1.807) is 20.8 Å². The molecule has 3 aromatic heterocycles. The van der Waals surface area contributed by atoms with Crippen molar-refractivity contribution < 1.29 is 53.1 Å². The first-order valence-electron chi connectivity index (χ1n) is 16.1. The van der Waals surface area contributed by atoms with Gasteiger partial charge in [-0.2, -0.15) is 0 Å². The molecular weight excluding hydrogens is 642 g/mol. The minimum absolute atomic E-state index is 0.152. The van der Waals surface area contributed by atoms with Gasteiger partial charge in [-0.1, -0.05) is 0 Å². The van der Waals surface area contributed by atoms with Crippen LogP contribution in [0.25, 0.3) is 16.8 Å². The Labute approximate surface area is 280 Å². The van der Waals surface area contributed by atoms with E-state index in [0.29, 0.717) is 12.1 Å². The quantitative estimate of drug-likeness (QED) is 0.278. The maximum atomic E-state index is 13.7. The van der Waals surface area contributed by atoms with Crippen LogP contribution in [0.15, 0.2) is 37.0 Å². The maximum Gasteiger partial charge on any atom is 0.331 e. The number of fused-ring (bicyclic) bond motifs is 5. The summed E-state index contributed by atoms with van der Waals surface area (Å²) in [7, 11) is 0. The standard InChI is InChI=1S/C33H39N5O11/c1-17-5-7-21(39)10-12-27(43)49-20(4)29-23(14-28(44)46-17)38-16-35-31-30(32(38)36-29)37(15-34-31)24-13-25(41)19(3)48-26(42)11-9-22(40)8-6-18(2)47-33(24)45/h9-12,15-22,24,39-40H,5-8,13-14H2,1-4H3/b11-9+,12-10+/t17-,18-,19-,20-,21-,22-,24+/m0/s1. The van der Waals surface area contributed by atoms with E-state index < -0.39 is 78.7 Å². The summed E-state index contributed by atoms with van der Waals surface area (Å²) < 4.78 is 25.0.